The van der Waals surface area contributed by atoms with E-state index in [0.717, 1.165) is 7.11 Å². The second-order valence-corrected chi connectivity index (χ2v) is 7.24. The van der Waals surface area contributed by atoms with Crippen LogP contribution in [-0.2, 0) is 13.8 Å². The second-order valence-electron chi connectivity index (χ2n) is 6.25. The Morgan fingerprint density at radius 2 is 2.03 bits per heavy atom. The van der Waals surface area contributed by atoms with Crippen molar-refractivity contribution in [3.8, 4) is 11.8 Å². The maximum Gasteiger partial charge on any atom is 0.367 e. The molecular weight excluding hydrogens is 413 g/mol. The van der Waals surface area contributed by atoms with Gasteiger partial charge < -0.3 is 25.2 Å². The van der Waals surface area contributed by atoms with E-state index in [1.807, 2.05) is 0 Å². The zero-order valence-corrected chi connectivity index (χ0v) is 16.9. The van der Waals surface area contributed by atoms with E-state index in [-0.39, 0.29) is 11.5 Å². The van der Waals surface area contributed by atoms with Crippen molar-refractivity contribution < 1.29 is 28.6 Å². The van der Waals surface area contributed by atoms with Gasteiger partial charge in [0.25, 0.3) is 0 Å². The van der Waals surface area contributed by atoms with E-state index in [0.29, 0.717) is 11.3 Å². The predicted molar refractivity (Wildman–Crippen MR) is 106 cm³/mol. The highest BCUT2D eigenvalue weighted by Crippen LogP contribution is 2.33. The van der Waals surface area contributed by atoms with Crippen LogP contribution in [0.15, 0.2) is 48.8 Å². The normalized spacial score (nSPS) is 16.3. The van der Waals surface area contributed by atoms with Crippen molar-refractivity contribution in [3.05, 3.63) is 54.5 Å². The van der Waals surface area contributed by atoms with Crippen LogP contribution in [0.1, 0.15) is 11.8 Å². The van der Waals surface area contributed by atoms with Gasteiger partial charge in [0.2, 0.25) is 5.60 Å². The molecule has 158 valence electrons. The molecule has 0 spiro atoms. The number of benzene rings is 1. The number of aromatic nitrogens is 3. The van der Waals surface area contributed by atoms with Gasteiger partial charge in [0.15, 0.2) is 5.82 Å². The van der Waals surface area contributed by atoms with Gasteiger partial charge in [-0.05, 0) is 24.3 Å². The number of nitrogen functional groups attached to an aromatic ring is 1. The molecule has 0 saturated heterocycles. The van der Waals surface area contributed by atoms with E-state index in [1.165, 1.54) is 16.9 Å². The first-order valence-corrected chi connectivity index (χ1v) is 9.94. The van der Waals surface area contributed by atoms with Gasteiger partial charge in [0, 0.05) is 7.11 Å². The molecule has 4 N–H and O–H groups in total. The van der Waals surface area contributed by atoms with Crippen LogP contribution in [0.5, 0.6) is 5.75 Å². The Balaban J connectivity index is 1.77. The summed E-state index contributed by atoms with van der Waals surface area (Å²) in [5.74, 6) is 0.495. The fourth-order valence-electron chi connectivity index (χ4n) is 2.80. The van der Waals surface area contributed by atoms with Crippen LogP contribution in [0.25, 0.3) is 5.52 Å². The Morgan fingerprint density at radius 1 is 1.30 bits per heavy atom. The monoisotopic (exact) mass is 433 g/mol. The van der Waals surface area contributed by atoms with E-state index < -0.39 is 32.7 Å². The number of ether oxygens (including phenoxy) is 1. The van der Waals surface area contributed by atoms with Gasteiger partial charge in [-0.25, -0.2) is 14.1 Å². The summed E-state index contributed by atoms with van der Waals surface area (Å²) >= 11 is 0. The van der Waals surface area contributed by atoms with Gasteiger partial charge in [-0.1, -0.05) is 18.2 Å². The van der Waals surface area contributed by atoms with Gasteiger partial charge in [-0.3, -0.25) is 4.52 Å². The number of fused-ring (bicyclic) bond motifs is 1. The SMILES string of the molecule is COC(C#N)(CO[PH](=O)Oc1ccccc1)[C@@H](O)[C@@H](O)c1ccc2c(N)ncnn12. The minimum atomic E-state index is -3.06. The molecule has 0 saturated carbocycles. The standard InChI is InChI=1S/C18H20N5O6P/c1-27-18(9-19,10-28-30(26)29-12-5-3-2-4-6-12)16(25)15(24)13-7-8-14-17(20)21-11-22-23(13)14/h2-8,11,15-16,24-25,30H,10H2,1H3,(H2,20,21,22)/t15-,16-,18?/m0/s1. The first kappa shape index (κ1) is 21.7. The summed E-state index contributed by atoms with van der Waals surface area (Å²) < 4.78 is 28.9. The summed E-state index contributed by atoms with van der Waals surface area (Å²) in [6.07, 6.45) is -2.20. The van der Waals surface area contributed by atoms with Gasteiger partial charge >= 0.3 is 8.25 Å². The number of para-hydroxylation sites is 1. The fourth-order valence-corrected chi connectivity index (χ4v) is 3.52. The summed E-state index contributed by atoms with van der Waals surface area (Å²) in [6.45, 7) is -0.622. The van der Waals surface area contributed by atoms with Crippen LogP contribution in [0.3, 0.4) is 0 Å². The lowest BCUT2D eigenvalue weighted by Gasteiger charge is -2.32. The number of aliphatic hydroxyl groups is 2. The first-order chi connectivity index (χ1) is 14.4. The number of methoxy groups -OCH3 is 1. The lowest BCUT2D eigenvalue weighted by molar-refractivity contribution is -0.131. The molecule has 3 rings (SSSR count). The molecule has 0 bridgehead atoms. The minimum absolute atomic E-state index is 0.150. The third-order valence-corrected chi connectivity index (χ3v) is 5.28. The molecule has 2 heterocycles. The summed E-state index contributed by atoms with van der Waals surface area (Å²) in [6, 6.07) is 13.1. The second kappa shape index (κ2) is 9.21. The van der Waals surface area contributed by atoms with Crippen molar-refractivity contribution in [3.63, 3.8) is 0 Å². The van der Waals surface area contributed by atoms with Crippen molar-refractivity contribution in [2.45, 2.75) is 17.8 Å². The largest absolute Gasteiger partial charge is 0.426 e. The zero-order valence-electron chi connectivity index (χ0n) is 15.9. The third kappa shape index (κ3) is 4.28. The van der Waals surface area contributed by atoms with Crippen molar-refractivity contribution in [1.82, 2.24) is 14.6 Å². The molecule has 0 radical (unpaired) electrons. The van der Waals surface area contributed by atoms with E-state index >= 15 is 0 Å². The molecule has 3 aromatic rings. The highest BCUT2D eigenvalue weighted by Gasteiger charge is 2.45. The van der Waals surface area contributed by atoms with Crippen LogP contribution < -0.4 is 10.3 Å². The van der Waals surface area contributed by atoms with Crippen LogP contribution in [0.4, 0.5) is 5.82 Å². The molecule has 2 aromatic heterocycles. The topological polar surface area (TPSA) is 165 Å². The summed E-state index contributed by atoms with van der Waals surface area (Å²) in [7, 11) is -1.90. The molecule has 11 nitrogen and oxygen atoms in total. The predicted octanol–water partition coefficient (Wildman–Crippen LogP) is 1.10. The minimum Gasteiger partial charge on any atom is -0.426 e. The van der Waals surface area contributed by atoms with Crippen LogP contribution in [0.2, 0.25) is 0 Å². The van der Waals surface area contributed by atoms with Crippen LogP contribution >= 0.6 is 8.25 Å². The number of nitrogens with zero attached hydrogens (tertiary/aromatic N) is 4. The van der Waals surface area contributed by atoms with E-state index in [2.05, 4.69) is 10.1 Å². The lowest BCUT2D eigenvalue weighted by Crippen LogP contribution is -2.50. The Hall–Kier alpha value is -3.00. The molecular formula is C18H20N5O6P. The van der Waals surface area contributed by atoms with E-state index in [9.17, 15) is 20.0 Å². The van der Waals surface area contributed by atoms with Gasteiger partial charge in [-0.15, -0.1) is 0 Å². The number of nitrogens with two attached hydrogens (primary N) is 1. The van der Waals surface area contributed by atoms with Gasteiger partial charge in [0.05, 0.1) is 5.69 Å². The Morgan fingerprint density at radius 3 is 2.70 bits per heavy atom. The summed E-state index contributed by atoms with van der Waals surface area (Å²) in [5.41, 5.74) is 4.29. The number of rotatable bonds is 9. The molecule has 0 aliphatic carbocycles. The summed E-state index contributed by atoms with van der Waals surface area (Å²) in [5, 5.41) is 35.1. The average molecular weight is 433 g/mol. The molecule has 0 aliphatic heterocycles. The lowest BCUT2D eigenvalue weighted by atomic mass is 9.93. The number of aliphatic hydroxyl groups excluding tert-OH is 2. The van der Waals surface area contributed by atoms with Crippen molar-refractivity contribution in [1.29, 1.82) is 5.26 Å². The zero-order chi connectivity index (χ0) is 21.7. The molecule has 30 heavy (non-hydrogen) atoms. The molecule has 0 fully saturated rings. The molecule has 1 aromatic carbocycles. The quantitative estimate of drug-likeness (QED) is 0.416. The molecule has 12 heteroatoms. The van der Waals surface area contributed by atoms with Crippen LogP contribution in [0, 0.1) is 11.3 Å². The number of anilines is 1. The fraction of sp³-hybridized carbons (Fsp3) is 0.278. The van der Waals surface area contributed by atoms with Gasteiger partial charge in [-0.2, -0.15) is 10.4 Å². The highest BCUT2D eigenvalue weighted by molar-refractivity contribution is 7.33. The Bertz CT molecular complexity index is 1070. The first-order valence-electron chi connectivity index (χ1n) is 8.72. The number of hydrogen-bond donors (Lipinski definition) is 3. The maximum absolute atomic E-state index is 12.1. The smallest absolute Gasteiger partial charge is 0.367 e. The van der Waals surface area contributed by atoms with Crippen molar-refractivity contribution >= 4 is 19.6 Å². The number of hydrogen-bond acceptors (Lipinski definition) is 10. The molecule has 2 unspecified atom stereocenters. The maximum atomic E-state index is 12.1. The van der Waals surface area contributed by atoms with Gasteiger partial charge in [0.1, 0.15) is 42.5 Å². The summed E-state index contributed by atoms with van der Waals surface area (Å²) in [4.78, 5) is 3.85. The molecule has 0 amide bonds. The van der Waals surface area contributed by atoms with Crippen molar-refractivity contribution in [2.75, 3.05) is 19.5 Å². The molecule has 4 atom stereocenters. The average Bonchev–Trinajstić information content (AvgIpc) is 3.20. The van der Waals surface area contributed by atoms with E-state index in [1.54, 1.807) is 42.5 Å². The van der Waals surface area contributed by atoms with Crippen molar-refractivity contribution in [2.24, 2.45) is 0 Å². The Labute approximate surface area is 172 Å². The third-order valence-electron chi connectivity index (χ3n) is 4.49. The highest BCUT2D eigenvalue weighted by atomic mass is 31.1. The van der Waals surface area contributed by atoms with Crippen LogP contribution in [-0.4, -0.2) is 50.2 Å². The molecule has 0 aliphatic rings. The Kier molecular flexibility index (Phi) is 6.66. The number of nitriles is 1. The van der Waals surface area contributed by atoms with E-state index in [4.69, 9.17) is 19.5 Å².